The van der Waals surface area contributed by atoms with Crippen LogP contribution in [0.15, 0.2) is 58.4 Å². The largest absolute Gasteiger partial charge is 0.483 e. The van der Waals surface area contributed by atoms with Gasteiger partial charge in [0.25, 0.3) is 5.91 Å². The number of hydrogen-bond donors (Lipinski definition) is 1. The van der Waals surface area contributed by atoms with E-state index in [2.05, 4.69) is 4.98 Å². The molecule has 9 nitrogen and oxygen atoms in total. The molecule has 1 N–H and O–H groups in total. The van der Waals surface area contributed by atoms with E-state index in [4.69, 9.17) is 21.1 Å². The van der Waals surface area contributed by atoms with Crippen molar-refractivity contribution in [3.05, 3.63) is 73.7 Å². The Balaban J connectivity index is 1.15. The number of morpholine rings is 1. The number of nitrogens with one attached hydrogen (secondary N) is 1. The number of thiazole rings is 1. The highest BCUT2D eigenvalue weighted by Crippen LogP contribution is 2.69. The molecule has 3 aliphatic heterocycles. The number of imide groups is 1. The maximum absolute atomic E-state index is 14.0. The monoisotopic (exact) mass is 637 g/mol. The average molecular weight is 638 g/mol. The number of fused-ring (bicyclic) bond motifs is 9. The Morgan fingerprint density at radius 3 is 2.49 bits per heavy atom. The number of ether oxygens (including phenoxy) is 2. The smallest absolute Gasteiger partial charge is 0.305 e. The van der Waals surface area contributed by atoms with Crippen LogP contribution in [0, 0.1) is 29.6 Å². The minimum Gasteiger partial charge on any atom is -0.483 e. The molecule has 0 spiro atoms. The zero-order valence-corrected chi connectivity index (χ0v) is 25.3. The third-order valence-corrected chi connectivity index (χ3v) is 12.6. The van der Waals surface area contributed by atoms with E-state index in [9.17, 15) is 19.2 Å². The lowest BCUT2D eigenvalue weighted by molar-refractivity contribution is -0.137. The average Bonchev–Trinajstić information content (AvgIpc) is 3.76. The summed E-state index contributed by atoms with van der Waals surface area (Å²) >= 11 is 8.93. The van der Waals surface area contributed by atoms with Crippen molar-refractivity contribution < 1.29 is 23.9 Å². The molecule has 12 heteroatoms. The first kappa shape index (κ1) is 27.4. The normalized spacial score (nSPS) is 30.8. The molecule has 4 heterocycles. The zero-order chi connectivity index (χ0) is 29.4. The van der Waals surface area contributed by atoms with Crippen LogP contribution in [0.1, 0.15) is 22.8 Å². The number of carbonyl (C=O) groups excluding carboxylic acids is 3. The van der Waals surface area contributed by atoms with Crippen molar-refractivity contribution in [3.63, 3.8) is 0 Å². The van der Waals surface area contributed by atoms with Crippen LogP contribution < -0.4 is 14.5 Å². The number of carbonyl (C=O) groups is 3. The van der Waals surface area contributed by atoms with Crippen molar-refractivity contribution in [3.8, 4) is 5.75 Å². The highest BCUT2D eigenvalue weighted by molar-refractivity contribution is 8.00. The van der Waals surface area contributed by atoms with Crippen molar-refractivity contribution >= 4 is 58.1 Å². The van der Waals surface area contributed by atoms with Crippen LogP contribution in [-0.2, 0) is 19.1 Å². The second-order valence-corrected chi connectivity index (χ2v) is 14.4. The number of benzene rings is 2. The van der Waals surface area contributed by atoms with Gasteiger partial charge in [-0.2, -0.15) is 0 Å². The first-order valence-corrected chi connectivity index (χ1v) is 16.6. The van der Waals surface area contributed by atoms with Gasteiger partial charge in [0, 0.05) is 39.7 Å². The quantitative estimate of drug-likeness (QED) is 0.421. The summed E-state index contributed by atoms with van der Waals surface area (Å²) in [5.41, 5.74) is 1.45. The van der Waals surface area contributed by atoms with E-state index in [-0.39, 0.29) is 64.0 Å². The second kappa shape index (κ2) is 10.5. The molecule has 2 saturated carbocycles. The second-order valence-electron chi connectivity index (χ2n) is 11.8. The maximum atomic E-state index is 14.0. The first-order valence-electron chi connectivity index (χ1n) is 14.5. The van der Waals surface area contributed by atoms with E-state index in [1.807, 2.05) is 24.3 Å². The molecule has 43 heavy (non-hydrogen) atoms. The molecule has 2 aromatic carbocycles. The van der Waals surface area contributed by atoms with E-state index in [0.717, 1.165) is 21.9 Å². The number of H-pyrrole nitrogens is 1. The fourth-order valence-corrected chi connectivity index (χ4v) is 11.1. The van der Waals surface area contributed by atoms with Gasteiger partial charge in [-0.15, -0.1) is 11.8 Å². The molecule has 6 unspecified atom stereocenters. The van der Waals surface area contributed by atoms with Gasteiger partial charge in [0.1, 0.15) is 5.75 Å². The molecule has 3 aromatic rings. The van der Waals surface area contributed by atoms with Crippen molar-refractivity contribution in [1.29, 1.82) is 0 Å². The number of thioether (sulfide) groups is 1. The minimum absolute atomic E-state index is 0.00813. The van der Waals surface area contributed by atoms with Crippen LogP contribution in [0.4, 0.5) is 5.69 Å². The number of hydrogen-bond acceptors (Lipinski definition) is 8. The number of rotatable bonds is 5. The summed E-state index contributed by atoms with van der Waals surface area (Å²) < 4.78 is 11.6. The SMILES string of the molecule is O=C(COc1ccccc1[C@H]1c2sc(=O)[nH]c2SC2C3CC(C4C(=O)N(c5ccc(Cl)cc5)C(=O)C34)C21)N1CCOCC1. The lowest BCUT2D eigenvalue weighted by Crippen LogP contribution is -2.43. The van der Waals surface area contributed by atoms with Gasteiger partial charge >= 0.3 is 4.87 Å². The van der Waals surface area contributed by atoms with Gasteiger partial charge in [0.05, 0.1) is 35.8 Å². The summed E-state index contributed by atoms with van der Waals surface area (Å²) in [5.74, 6) is -0.785. The standard InChI is InChI=1S/C31H28ClN3O6S2/c32-15-5-7-16(8-6-15)35-29(37)24-18-13-19(25(24)30(35)38)26-23(18)22(27-28(42-26)33-31(39)43-27)17-3-1-2-4-20(17)41-14-21(36)34-9-11-40-12-10-34/h1-8,18-19,22-26H,9-14H2,(H,33,39)/t18?,19?,22-,23?,24?,25?,26?/m1/s1. The summed E-state index contributed by atoms with van der Waals surface area (Å²) in [6, 6.07) is 14.5. The number of anilines is 1. The molecule has 1 aromatic heterocycles. The van der Waals surface area contributed by atoms with Crippen molar-refractivity contribution in [2.24, 2.45) is 29.6 Å². The van der Waals surface area contributed by atoms with E-state index in [0.29, 0.717) is 42.8 Å². The topological polar surface area (TPSA) is 109 Å². The van der Waals surface area contributed by atoms with Crippen LogP contribution in [0.3, 0.4) is 0 Å². The Labute approximate surface area is 260 Å². The Hall–Kier alpha value is -3.12. The summed E-state index contributed by atoms with van der Waals surface area (Å²) in [6.07, 6.45) is 0.790. The molecule has 4 fully saturated rings. The fraction of sp³-hybridized carbons (Fsp3) is 0.419. The maximum Gasteiger partial charge on any atom is 0.305 e. The molecule has 2 bridgehead atoms. The molecular formula is C31H28ClN3O6S2. The first-order chi connectivity index (χ1) is 20.9. The van der Waals surface area contributed by atoms with E-state index < -0.39 is 5.92 Å². The van der Waals surface area contributed by atoms with Gasteiger partial charge in [-0.25, -0.2) is 0 Å². The van der Waals surface area contributed by atoms with Gasteiger partial charge in [-0.05, 0) is 54.5 Å². The van der Waals surface area contributed by atoms with Crippen molar-refractivity contribution in [2.45, 2.75) is 22.6 Å². The van der Waals surface area contributed by atoms with Gasteiger partial charge in [0.2, 0.25) is 11.8 Å². The van der Waals surface area contributed by atoms with Crippen molar-refractivity contribution in [2.75, 3.05) is 37.8 Å². The molecule has 2 saturated heterocycles. The number of para-hydroxylation sites is 1. The van der Waals surface area contributed by atoms with Crippen LogP contribution in [-0.4, -0.2) is 65.8 Å². The zero-order valence-electron chi connectivity index (χ0n) is 22.9. The summed E-state index contributed by atoms with van der Waals surface area (Å²) in [5, 5.41) is 1.43. The highest BCUT2D eigenvalue weighted by atomic mass is 35.5. The highest BCUT2D eigenvalue weighted by Gasteiger charge is 2.69. The molecule has 5 aliphatic rings. The van der Waals surface area contributed by atoms with Crippen LogP contribution in [0.2, 0.25) is 5.02 Å². The Morgan fingerprint density at radius 1 is 1.00 bits per heavy atom. The fourth-order valence-electron chi connectivity index (χ4n) is 8.12. The predicted molar refractivity (Wildman–Crippen MR) is 162 cm³/mol. The number of halogens is 1. The van der Waals surface area contributed by atoms with E-state index in [1.54, 1.807) is 40.9 Å². The van der Waals surface area contributed by atoms with Crippen molar-refractivity contribution in [1.82, 2.24) is 9.88 Å². The van der Waals surface area contributed by atoms with Gasteiger partial charge < -0.3 is 19.4 Å². The van der Waals surface area contributed by atoms with Crippen LogP contribution in [0.25, 0.3) is 0 Å². The van der Waals surface area contributed by atoms with E-state index >= 15 is 0 Å². The van der Waals surface area contributed by atoms with Gasteiger partial charge in [0.15, 0.2) is 6.61 Å². The number of aromatic amines is 1. The number of aromatic nitrogens is 1. The molecule has 3 amide bonds. The van der Waals surface area contributed by atoms with Crippen LogP contribution >= 0.6 is 34.7 Å². The number of amides is 3. The predicted octanol–water partition coefficient (Wildman–Crippen LogP) is 4.01. The molecular weight excluding hydrogens is 610 g/mol. The van der Waals surface area contributed by atoms with Gasteiger partial charge in [-0.3, -0.25) is 24.1 Å². The Kier molecular flexibility index (Phi) is 6.70. The lowest BCUT2D eigenvalue weighted by Gasteiger charge is -2.43. The van der Waals surface area contributed by atoms with Gasteiger partial charge in [-0.1, -0.05) is 41.1 Å². The van der Waals surface area contributed by atoms with E-state index in [1.165, 1.54) is 16.2 Å². The third-order valence-electron chi connectivity index (χ3n) is 9.78. The molecule has 222 valence electrons. The summed E-state index contributed by atoms with van der Waals surface area (Å²) in [6.45, 7) is 2.02. The lowest BCUT2D eigenvalue weighted by atomic mass is 9.68. The Bertz CT molecular complexity index is 1680. The van der Waals surface area contributed by atoms with Crippen LogP contribution in [0.5, 0.6) is 5.75 Å². The molecule has 7 atom stereocenters. The summed E-state index contributed by atoms with van der Waals surface area (Å²) in [7, 11) is 0. The summed E-state index contributed by atoms with van der Waals surface area (Å²) in [4.78, 5) is 60.3. The number of nitrogens with zero attached hydrogens (tertiary/aromatic N) is 2. The minimum atomic E-state index is -0.411. The molecule has 8 rings (SSSR count). The molecule has 2 aliphatic carbocycles. The third kappa shape index (κ3) is 4.30. The Morgan fingerprint density at radius 2 is 1.72 bits per heavy atom. The molecule has 0 radical (unpaired) electrons.